The van der Waals surface area contributed by atoms with E-state index in [4.69, 9.17) is 0 Å². The van der Waals surface area contributed by atoms with E-state index < -0.39 is 0 Å². The second kappa shape index (κ2) is 4.84. The van der Waals surface area contributed by atoms with Crippen molar-refractivity contribution in [2.75, 3.05) is 19.6 Å². The molecule has 0 amide bonds. The third kappa shape index (κ3) is 2.94. The Kier molecular flexibility index (Phi) is 3.68. The zero-order valence-electron chi connectivity index (χ0n) is 10.3. The van der Waals surface area contributed by atoms with E-state index in [2.05, 4.69) is 24.5 Å². The topological polar surface area (TPSA) is 24.1 Å². The van der Waals surface area contributed by atoms with Crippen LogP contribution in [0.15, 0.2) is 0 Å². The lowest BCUT2D eigenvalue weighted by atomic mass is 9.74. The minimum atomic E-state index is 0.461. The molecule has 1 aliphatic heterocycles. The highest BCUT2D eigenvalue weighted by Gasteiger charge is 2.31. The fourth-order valence-corrected chi connectivity index (χ4v) is 2.68. The highest BCUT2D eigenvalue weighted by molar-refractivity contribution is 4.87. The van der Waals surface area contributed by atoms with Crippen LogP contribution in [0, 0.1) is 11.3 Å². The second-order valence-electron chi connectivity index (χ2n) is 6.04. The Bertz CT molecular complexity index is 191. The van der Waals surface area contributed by atoms with Gasteiger partial charge in [-0.15, -0.1) is 0 Å². The van der Waals surface area contributed by atoms with Gasteiger partial charge in [0.05, 0.1) is 0 Å². The van der Waals surface area contributed by atoms with Crippen molar-refractivity contribution >= 4 is 0 Å². The van der Waals surface area contributed by atoms with Gasteiger partial charge in [0.2, 0.25) is 0 Å². The Morgan fingerprint density at radius 2 is 2.00 bits per heavy atom. The van der Waals surface area contributed by atoms with Crippen LogP contribution in [0.1, 0.15) is 46.0 Å². The Hall–Kier alpha value is -0.0800. The van der Waals surface area contributed by atoms with Crippen molar-refractivity contribution in [2.24, 2.45) is 11.3 Å². The third-order valence-electron chi connectivity index (χ3n) is 4.35. The van der Waals surface area contributed by atoms with Gasteiger partial charge in [0, 0.05) is 12.6 Å². The average molecular weight is 210 g/mol. The summed E-state index contributed by atoms with van der Waals surface area (Å²) < 4.78 is 0. The summed E-state index contributed by atoms with van der Waals surface area (Å²) in [5.74, 6) is 0.860. The van der Waals surface area contributed by atoms with Gasteiger partial charge in [-0.1, -0.05) is 20.3 Å². The molecule has 2 heteroatoms. The van der Waals surface area contributed by atoms with E-state index in [1.165, 1.54) is 51.7 Å². The van der Waals surface area contributed by atoms with Gasteiger partial charge in [-0.25, -0.2) is 0 Å². The van der Waals surface area contributed by atoms with Gasteiger partial charge in [0.25, 0.3) is 0 Å². The molecule has 1 heterocycles. The zero-order valence-corrected chi connectivity index (χ0v) is 10.3. The molecule has 2 N–H and O–H groups in total. The first-order valence-corrected chi connectivity index (χ1v) is 6.62. The van der Waals surface area contributed by atoms with E-state index in [0.29, 0.717) is 5.41 Å². The lowest BCUT2D eigenvalue weighted by Crippen LogP contribution is -2.47. The number of nitrogens with one attached hydrogen (secondary N) is 2. The lowest BCUT2D eigenvalue weighted by molar-refractivity contribution is 0.152. The summed E-state index contributed by atoms with van der Waals surface area (Å²) in [4.78, 5) is 0. The molecular formula is C13H26N2. The summed E-state index contributed by atoms with van der Waals surface area (Å²) in [7, 11) is 0. The number of hydrogen-bond donors (Lipinski definition) is 2. The molecule has 1 saturated carbocycles. The summed E-state index contributed by atoms with van der Waals surface area (Å²) in [6, 6.07) is 0.834. The highest BCUT2D eigenvalue weighted by atomic mass is 14.9. The molecular weight excluding hydrogens is 184 g/mol. The Labute approximate surface area is 94.2 Å². The predicted octanol–water partition coefficient (Wildman–Crippen LogP) is 2.15. The van der Waals surface area contributed by atoms with Crippen LogP contribution in [0.5, 0.6) is 0 Å². The van der Waals surface area contributed by atoms with Crippen molar-refractivity contribution in [1.82, 2.24) is 10.6 Å². The smallest absolute Gasteiger partial charge is 0.00673 e. The molecule has 88 valence electrons. The van der Waals surface area contributed by atoms with Crippen LogP contribution >= 0.6 is 0 Å². The third-order valence-corrected chi connectivity index (χ3v) is 4.35. The SMILES string of the molecule is CC(C)(CNC1CCC1)C1CCCNC1. The number of piperidine rings is 1. The van der Waals surface area contributed by atoms with Crippen LogP contribution in [0.4, 0.5) is 0 Å². The Balaban J connectivity index is 1.75. The van der Waals surface area contributed by atoms with Crippen LogP contribution in [0.3, 0.4) is 0 Å². The standard InChI is InChI=1S/C13H26N2/c1-13(2,10-15-12-6-3-7-12)11-5-4-8-14-9-11/h11-12,14-15H,3-10H2,1-2H3. The number of hydrogen-bond acceptors (Lipinski definition) is 2. The Morgan fingerprint density at radius 1 is 1.20 bits per heavy atom. The molecule has 0 spiro atoms. The first kappa shape index (κ1) is 11.4. The van der Waals surface area contributed by atoms with Crippen LogP contribution < -0.4 is 10.6 Å². The van der Waals surface area contributed by atoms with Gasteiger partial charge in [-0.05, 0) is 50.1 Å². The highest BCUT2D eigenvalue weighted by Crippen LogP contribution is 2.31. The van der Waals surface area contributed by atoms with Crippen molar-refractivity contribution in [3.05, 3.63) is 0 Å². The lowest BCUT2D eigenvalue weighted by Gasteiger charge is -2.39. The molecule has 2 aliphatic rings. The van der Waals surface area contributed by atoms with E-state index in [9.17, 15) is 0 Å². The number of rotatable bonds is 4. The van der Waals surface area contributed by atoms with Gasteiger partial charge < -0.3 is 10.6 Å². The molecule has 0 aromatic heterocycles. The van der Waals surface area contributed by atoms with E-state index in [1.807, 2.05) is 0 Å². The van der Waals surface area contributed by atoms with Gasteiger partial charge in [-0.3, -0.25) is 0 Å². The van der Waals surface area contributed by atoms with Crippen LogP contribution in [0.2, 0.25) is 0 Å². The minimum absolute atomic E-state index is 0.461. The average Bonchev–Trinajstić information content (AvgIpc) is 2.16. The first-order valence-electron chi connectivity index (χ1n) is 6.62. The summed E-state index contributed by atoms with van der Waals surface area (Å²) in [5, 5.41) is 7.26. The minimum Gasteiger partial charge on any atom is -0.316 e. The molecule has 0 aromatic rings. The zero-order chi connectivity index (χ0) is 10.7. The molecule has 0 bridgehead atoms. The summed E-state index contributed by atoms with van der Waals surface area (Å²) in [6.07, 6.45) is 7.00. The maximum absolute atomic E-state index is 3.73. The van der Waals surface area contributed by atoms with Gasteiger partial charge in [0.1, 0.15) is 0 Å². The summed E-state index contributed by atoms with van der Waals surface area (Å²) in [6.45, 7) is 8.50. The van der Waals surface area contributed by atoms with E-state index >= 15 is 0 Å². The monoisotopic (exact) mass is 210 g/mol. The normalized spacial score (nSPS) is 28.8. The van der Waals surface area contributed by atoms with E-state index in [1.54, 1.807) is 0 Å². The van der Waals surface area contributed by atoms with Gasteiger partial charge in [0.15, 0.2) is 0 Å². The van der Waals surface area contributed by atoms with Crippen molar-refractivity contribution in [3.8, 4) is 0 Å². The molecule has 0 aromatic carbocycles. The molecule has 15 heavy (non-hydrogen) atoms. The van der Waals surface area contributed by atoms with Crippen molar-refractivity contribution in [3.63, 3.8) is 0 Å². The van der Waals surface area contributed by atoms with Crippen LogP contribution in [0.25, 0.3) is 0 Å². The molecule has 2 fully saturated rings. The van der Waals surface area contributed by atoms with Crippen LogP contribution in [-0.2, 0) is 0 Å². The Morgan fingerprint density at radius 3 is 2.53 bits per heavy atom. The van der Waals surface area contributed by atoms with Gasteiger partial charge in [-0.2, -0.15) is 0 Å². The molecule has 0 radical (unpaired) electrons. The molecule has 1 aliphatic carbocycles. The van der Waals surface area contributed by atoms with E-state index in [-0.39, 0.29) is 0 Å². The quantitative estimate of drug-likeness (QED) is 0.743. The fourth-order valence-electron chi connectivity index (χ4n) is 2.68. The van der Waals surface area contributed by atoms with Crippen molar-refractivity contribution in [1.29, 1.82) is 0 Å². The fraction of sp³-hybridized carbons (Fsp3) is 1.00. The molecule has 2 nitrogen and oxygen atoms in total. The van der Waals surface area contributed by atoms with Crippen LogP contribution in [-0.4, -0.2) is 25.7 Å². The molecule has 2 rings (SSSR count). The van der Waals surface area contributed by atoms with Crippen molar-refractivity contribution < 1.29 is 0 Å². The maximum atomic E-state index is 3.73. The van der Waals surface area contributed by atoms with E-state index in [0.717, 1.165) is 12.0 Å². The molecule has 1 unspecified atom stereocenters. The molecule has 1 saturated heterocycles. The molecule has 1 atom stereocenters. The summed E-state index contributed by atoms with van der Waals surface area (Å²) >= 11 is 0. The largest absolute Gasteiger partial charge is 0.316 e. The maximum Gasteiger partial charge on any atom is 0.00673 e. The second-order valence-corrected chi connectivity index (χ2v) is 6.04. The first-order chi connectivity index (χ1) is 7.18. The predicted molar refractivity (Wildman–Crippen MR) is 65.0 cm³/mol. The van der Waals surface area contributed by atoms with Gasteiger partial charge >= 0.3 is 0 Å². The van der Waals surface area contributed by atoms with Crippen molar-refractivity contribution in [2.45, 2.75) is 52.0 Å². The summed E-state index contributed by atoms with van der Waals surface area (Å²) in [5.41, 5.74) is 0.461.